The third kappa shape index (κ3) is 1.95. The van der Waals surface area contributed by atoms with Crippen molar-refractivity contribution in [3.8, 4) is 17.1 Å². The number of aromatic carboxylic acids is 1. The molecule has 0 atom stereocenters. The molecular formula is C13H10N4O3. The number of ether oxygens (including phenoxy) is 1. The van der Waals surface area contributed by atoms with Crippen LogP contribution >= 0.6 is 0 Å². The van der Waals surface area contributed by atoms with E-state index in [4.69, 9.17) is 9.84 Å². The maximum atomic E-state index is 11.1. The van der Waals surface area contributed by atoms with Crippen molar-refractivity contribution in [3.63, 3.8) is 0 Å². The predicted molar refractivity (Wildman–Crippen MR) is 70.6 cm³/mol. The van der Waals surface area contributed by atoms with E-state index in [1.165, 1.54) is 12.4 Å². The van der Waals surface area contributed by atoms with Gasteiger partial charge in [0.2, 0.25) is 0 Å². The van der Waals surface area contributed by atoms with Crippen molar-refractivity contribution < 1.29 is 14.6 Å². The van der Waals surface area contributed by atoms with Gasteiger partial charge in [-0.25, -0.2) is 14.8 Å². The number of fused-ring (bicyclic) bond motifs is 1. The molecule has 3 rings (SSSR count). The molecule has 0 saturated heterocycles. The number of hydrogen-bond acceptors (Lipinski definition) is 5. The molecule has 0 unspecified atom stereocenters. The lowest BCUT2D eigenvalue weighted by Crippen LogP contribution is -1.97. The zero-order valence-electron chi connectivity index (χ0n) is 10.5. The maximum absolute atomic E-state index is 11.1. The van der Waals surface area contributed by atoms with Gasteiger partial charge in [-0.05, 0) is 6.07 Å². The number of nitrogens with zero attached hydrogens (tertiary/aromatic N) is 3. The number of pyridine rings is 1. The molecule has 0 radical (unpaired) electrons. The molecule has 0 bridgehead atoms. The summed E-state index contributed by atoms with van der Waals surface area (Å²) in [5.41, 5.74) is 1.86. The van der Waals surface area contributed by atoms with Crippen molar-refractivity contribution in [3.05, 3.63) is 36.3 Å². The molecule has 2 N–H and O–H groups in total. The first-order valence-corrected chi connectivity index (χ1v) is 5.77. The first-order chi connectivity index (χ1) is 9.69. The quantitative estimate of drug-likeness (QED) is 0.751. The minimum Gasteiger partial charge on any atom is -0.497 e. The summed E-state index contributed by atoms with van der Waals surface area (Å²) in [6, 6.07) is 3.43. The molecule has 0 saturated carbocycles. The van der Waals surface area contributed by atoms with Crippen molar-refractivity contribution in [1.29, 1.82) is 0 Å². The Bertz CT molecular complexity index is 797. The number of rotatable bonds is 3. The fraction of sp³-hybridized carbons (Fsp3) is 0.0769. The van der Waals surface area contributed by atoms with Crippen LogP contribution in [-0.4, -0.2) is 38.1 Å². The Labute approximate surface area is 113 Å². The average molecular weight is 270 g/mol. The molecule has 100 valence electrons. The van der Waals surface area contributed by atoms with Crippen LogP contribution in [-0.2, 0) is 0 Å². The Morgan fingerprint density at radius 3 is 2.95 bits per heavy atom. The summed E-state index contributed by atoms with van der Waals surface area (Å²) in [4.78, 5) is 26.5. The van der Waals surface area contributed by atoms with Crippen LogP contribution in [0.3, 0.4) is 0 Å². The molecule has 7 heteroatoms. The highest BCUT2D eigenvalue weighted by Gasteiger charge is 2.14. The van der Waals surface area contributed by atoms with Crippen LogP contribution in [0.5, 0.6) is 5.75 Å². The van der Waals surface area contributed by atoms with Crippen LogP contribution in [0.4, 0.5) is 0 Å². The first kappa shape index (κ1) is 12.1. The largest absolute Gasteiger partial charge is 0.497 e. The third-order valence-corrected chi connectivity index (χ3v) is 2.84. The summed E-state index contributed by atoms with van der Waals surface area (Å²) in [5.74, 6) is -0.411. The van der Waals surface area contributed by atoms with E-state index in [2.05, 4.69) is 19.9 Å². The lowest BCUT2D eigenvalue weighted by Gasteiger charge is -2.03. The molecule has 0 amide bonds. The molecule has 0 spiro atoms. The second-order valence-corrected chi connectivity index (χ2v) is 4.04. The summed E-state index contributed by atoms with van der Waals surface area (Å²) in [6.45, 7) is 0. The van der Waals surface area contributed by atoms with Gasteiger partial charge in [0.1, 0.15) is 22.5 Å². The van der Waals surface area contributed by atoms with Gasteiger partial charge in [0.25, 0.3) is 0 Å². The van der Waals surface area contributed by atoms with Crippen LogP contribution in [0, 0.1) is 0 Å². The fourth-order valence-electron chi connectivity index (χ4n) is 1.86. The monoisotopic (exact) mass is 270 g/mol. The molecule has 3 aromatic rings. The van der Waals surface area contributed by atoms with Crippen molar-refractivity contribution in [1.82, 2.24) is 19.9 Å². The molecular weight excluding hydrogens is 260 g/mol. The fourth-order valence-corrected chi connectivity index (χ4v) is 1.86. The van der Waals surface area contributed by atoms with Gasteiger partial charge in [0.15, 0.2) is 5.65 Å². The van der Waals surface area contributed by atoms with Crippen LogP contribution in [0.25, 0.3) is 22.6 Å². The van der Waals surface area contributed by atoms with Gasteiger partial charge < -0.3 is 14.8 Å². The van der Waals surface area contributed by atoms with E-state index in [0.717, 1.165) is 0 Å². The summed E-state index contributed by atoms with van der Waals surface area (Å²) >= 11 is 0. The van der Waals surface area contributed by atoms with Crippen LogP contribution in [0.1, 0.15) is 10.4 Å². The number of methoxy groups -OCH3 is 1. The molecule has 0 aromatic carbocycles. The molecule has 3 aromatic heterocycles. The second-order valence-electron chi connectivity index (χ2n) is 4.04. The average Bonchev–Trinajstić information content (AvgIpc) is 2.90. The summed E-state index contributed by atoms with van der Waals surface area (Å²) in [5, 5.41) is 9.09. The van der Waals surface area contributed by atoms with Gasteiger partial charge in [0.05, 0.1) is 19.0 Å². The first-order valence-electron chi connectivity index (χ1n) is 5.77. The Morgan fingerprint density at radius 2 is 2.20 bits per heavy atom. The Morgan fingerprint density at radius 1 is 1.35 bits per heavy atom. The Hall–Kier alpha value is -2.96. The van der Waals surface area contributed by atoms with Gasteiger partial charge in [-0.15, -0.1) is 0 Å². The topological polar surface area (TPSA) is 101 Å². The highest BCUT2D eigenvalue weighted by atomic mass is 16.5. The van der Waals surface area contributed by atoms with Crippen molar-refractivity contribution >= 4 is 17.1 Å². The van der Waals surface area contributed by atoms with Crippen molar-refractivity contribution in [2.75, 3.05) is 7.11 Å². The number of nitrogens with one attached hydrogen (secondary N) is 1. The number of hydrogen-bond donors (Lipinski definition) is 2. The minimum absolute atomic E-state index is 0.0808. The van der Waals surface area contributed by atoms with Crippen LogP contribution in [0.2, 0.25) is 0 Å². The second kappa shape index (κ2) is 4.61. The van der Waals surface area contributed by atoms with Crippen molar-refractivity contribution in [2.24, 2.45) is 0 Å². The normalized spacial score (nSPS) is 10.7. The van der Waals surface area contributed by atoms with Gasteiger partial charge >= 0.3 is 5.97 Å². The van der Waals surface area contributed by atoms with E-state index in [-0.39, 0.29) is 5.56 Å². The van der Waals surface area contributed by atoms with E-state index in [1.807, 2.05) is 0 Å². The molecule has 7 nitrogen and oxygen atoms in total. The number of H-pyrrole nitrogens is 1. The minimum atomic E-state index is -1.05. The van der Waals surface area contributed by atoms with Crippen molar-refractivity contribution in [2.45, 2.75) is 0 Å². The Balaban J connectivity index is 2.16. The van der Waals surface area contributed by atoms with Gasteiger partial charge in [-0.2, -0.15) is 0 Å². The highest BCUT2D eigenvalue weighted by Crippen LogP contribution is 2.22. The number of carboxylic acids is 1. The zero-order valence-corrected chi connectivity index (χ0v) is 10.5. The lowest BCUT2D eigenvalue weighted by atomic mass is 10.2. The molecule has 3 heterocycles. The lowest BCUT2D eigenvalue weighted by molar-refractivity contribution is 0.0699. The van der Waals surface area contributed by atoms with E-state index >= 15 is 0 Å². The van der Waals surface area contributed by atoms with Gasteiger partial charge in [0, 0.05) is 18.5 Å². The summed E-state index contributed by atoms with van der Waals surface area (Å²) < 4.78 is 5.12. The maximum Gasteiger partial charge on any atom is 0.339 e. The highest BCUT2D eigenvalue weighted by molar-refractivity contribution is 6.00. The van der Waals surface area contributed by atoms with E-state index in [9.17, 15) is 4.79 Å². The number of carboxylic acid groups (broad SMARTS) is 1. The molecule has 0 aliphatic rings. The predicted octanol–water partition coefficient (Wildman–Crippen LogP) is 1.73. The SMILES string of the molecule is COc1ccnc(-c2cnc3[nH]cc(C(=O)O)c3n2)c1. The van der Waals surface area contributed by atoms with E-state index in [0.29, 0.717) is 28.3 Å². The van der Waals surface area contributed by atoms with E-state index < -0.39 is 5.97 Å². The smallest absolute Gasteiger partial charge is 0.339 e. The molecule has 0 fully saturated rings. The summed E-state index contributed by atoms with van der Waals surface area (Å²) in [6.07, 6.45) is 4.50. The van der Waals surface area contributed by atoms with Crippen LogP contribution in [0.15, 0.2) is 30.7 Å². The Kier molecular flexibility index (Phi) is 2.79. The van der Waals surface area contributed by atoms with Crippen LogP contribution < -0.4 is 4.74 Å². The third-order valence-electron chi connectivity index (χ3n) is 2.84. The zero-order chi connectivity index (χ0) is 14.1. The standard InChI is InChI=1S/C13H10N4O3/c1-20-7-2-3-14-9(4-7)10-6-16-12-11(17-10)8(5-15-12)13(18)19/h2-6H,1H3,(H,15,16)(H,18,19). The molecule has 20 heavy (non-hydrogen) atoms. The van der Waals surface area contributed by atoms with Gasteiger partial charge in [-0.3, -0.25) is 4.98 Å². The number of aromatic amines is 1. The number of carbonyl (C=O) groups is 1. The summed E-state index contributed by atoms with van der Waals surface area (Å²) in [7, 11) is 1.56. The molecule has 0 aliphatic heterocycles. The number of aromatic nitrogens is 4. The van der Waals surface area contributed by atoms with E-state index in [1.54, 1.807) is 25.4 Å². The van der Waals surface area contributed by atoms with Gasteiger partial charge in [-0.1, -0.05) is 0 Å². The molecule has 0 aliphatic carbocycles.